The molecule has 1 heterocycles. The summed E-state index contributed by atoms with van der Waals surface area (Å²) in [6.45, 7) is 2.47. The van der Waals surface area contributed by atoms with Gasteiger partial charge in [-0.2, -0.15) is 4.31 Å². The van der Waals surface area contributed by atoms with Crippen molar-refractivity contribution in [3.63, 3.8) is 0 Å². The second kappa shape index (κ2) is 4.46. The van der Waals surface area contributed by atoms with Gasteiger partial charge in [-0.15, -0.1) is 0 Å². The van der Waals surface area contributed by atoms with Crippen LogP contribution >= 0.6 is 0 Å². The minimum absolute atomic E-state index is 0.0159. The van der Waals surface area contributed by atoms with Crippen LogP contribution in [0.1, 0.15) is 13.3 Å². The van der Waals surface area contributed by atoms with E-state index in [9.17, 15) is 13.2 Å². The number of carboxylic acids is 1. The predicted octanol–water partition coefficient (Wildman–Crippen LogP) is -0.917. The number of carbonyl (C=O) groups is 1. The third kappa shape index (κ3) is 3.77. The first-order valence-electron chi connectivity index (χ1n) is 4.72. The molecule has 2 atom stereocenters. The van der Waals surface area contributed by atoms with Crippen molar-refractivity contribution in [1.82, 2.24) is 9.62 Å². The van der Waals surface area contributed by atoms with Crippen molar-refractivity contribution in [3.05, 3.63) is 0 Å². The summed E-state index contributed by atoms with van der Waals surface area (Å²) >= 11 is 0. The number of hydrogen-bond acceptors (Lipinski definition) is 4. The first-order chi connectivity index (χ1) is 6.79. The number of carboxylic acid groups (broad SMARTS) is 1. The molecular formula is C8H16N2O4S. The highest BCUT2D eigenvalue weighted by Gasteiger charge is 2.30. The molecule has 0 saturated carbocycles. The highest BCUT2D eigenvalue weighted by atomic mass is 32.2. The maximum atomic E-state index is 11.3. The summed E-state index contributed by atoms with van der Waals surface area (Å²) in [5.41, 5.74) is 0. The van der Waals surface area contributed by atoms with Gasteiger partial charge in [-0.25, -0.2) is 8.42 Å². The van der Waals surface area contributed by atoms with Crippen LogP contribution in [-0.4, -0.2) is 55.2 Å². The van der Waals surface area contributed by atoms with Crippen molar-refractivity contribution in [3.8, 4) is 0 Å². The monoisotopic (exact) mass is 236 g/mol. The van der Waals surface area contributed by atoms with E-state index in [0.717, 1.165) is 6.26 Å². The van der Waals surface area contributed by atoms with E-state index in [-0.39, 0.29) is 25.0 Å². The lowest BCUT2D eigenvalue weighted by molar-refractivity contribution is -0.137. The van der Waals surface area contributed by atoms with Gasteiger partial charge < -0.3 is 10.4 Å². The molecule has 1 rings (SSSR count). The molecule has 0 aromatic rings. The van der Waals surface area contributed by atoms with Gasteiger partial charge in [0, 0.05) is 25.2 Å². The summed E-state index contributed by atoms with van der Waals surface area (Å²) in [6.07, 6.45) is 1.08. The van der Waals surface area contributed by atoms with Crippen molar-refractivity contribution < 1.29 is 18.3 Å². The topological polar surface area (TPSA) is 86.7 Å². The van der Waals surface area contributed by atoms with E-state index in [2.05, 4.69) is 5.32 Å². The van der Waals surface area contributed by atoms with Crippen LogP contribution < -0.4 is 5.32 Å². The second-order valence-electron chi connectivity index (χ2n) is 3.94. The van der Waals surface area contributed by atoms with Crippen LogP contribution in [0.15, 0.2) is 0 Å². The Hall–Kier alpha value is -0.660. The van der Waals surface area contributed by atoms with Crippen molar-refractivity contribution in [2.24, 2.45) is 0 Å². The van der Waals surface area contributed by atoms with Crippen molar-refractivity contribution in [2.75, 3.05) is 19.3 Å². The molecule has 1 saturated heterocycles. The van der Waals surface area contributed by atoms with Gasteiger partial charge in [0.15, 0.2) is 0 Å². The maximum Gasteiger partial charge on any atom is 0.304 e. The molecule has 2 N–H and O–H groups in total. The highest BCUT2D eigenvalue weighted by Crippen LogP contribution is 2.10. The molecule has 0 aliphatic carbocycles. The van der Waals surface area contributed by atoms with Gasteiger partial charge in [0.05, 0.1) is 12.7 Å². The Kier molecular flexibility index (Phi) is 3.69. The quantitative estimate of drug-likeness (QED) is 0.662. The number of rotatable bonds is 3. The minimum atomic E-state index is -3.23. The molecular weight excluding hydrogens is 220 g/mol. The SMILES string of the molecule is C[C@H]1CN(S(C)(=O)=O)C[C@@H](CC(=O)O)N1. The van der Waals surface area contributed by atoms with E-state index < -0.39 is 16.0 Å². The molecule has 1 aliphatic heterocycles. The molecule has 0 unspecified atom stereocenters. The van der Waals surface area contributed by atoms with Crippen LogP contribution in [0.5, 0.6) is 0 Å². The molecule has 6 nitrogen and oxygen atoms in total. The van der Waals surface area contributed by atoms with E-state index in [1.54, 1.807) is 0 Å². The fraction of sp³-hybridized carbons (Fsp3) is 0.875. The molecule has 7 heteroatoms. The number of piperazine rings is 1. The Morgan fingerprint density at radius 1 is 1.53 bits per heavy atom. The van der Waals surface area contributed by atoms with Crippen LogP contribution in [-0.2, 0) is 14.8 Å². The summed E-state index contributed by atoms with van der Waals surface area (Å²) in [5.74, 6) is -0.921. The fourth-order valence-corrected chi connectivity index (χ4v) is 2.68. The summed E-state index contributed by atoms with van der Waals surface area (Å²) in [7, 11) is -3.23. The summed E-state index contributed by atoms with van der Waals surface area (Å²) < 4.78 is 23.9. The number of nitrogens with one attached hydrogen (secondary N) is 1. The largest absolute Gasteiger partial charge is 0.481 e. The first-order valence-corrected chi connectivity index (χ1v) is 6.57. The van der Waals surface area contributed by atoms with Gasteiger partial charge in [0.1, 0.15) is 0 Å². The Balaban J connectivity index is 2.68. The molecule has 0 aromatic carbocycles. The Labute approximate surface area is 89.3 Å². The second-order valence-corrected chi connectivity index (χ2v) is 5.92. The highest BCUT2D eigenvalue weighted by molar-refractivity contribution is 7.88. The van der Waals surface area contributed by atoms with Gasteiger partial charge >= 0.3 is 5.97 Å². The minimum Gasteiger partial charge on any atom is -0.481 e. The van der Waals surface area contributed by atoms with Crippen molar-refractivity contribution >= 4 is 16.0 Å². The van der Waals surface area contributed by atoms with Gasteiger partial charge in [0.25, 0.3) is 0 Å². The van der Waals surface area contributed by atoms with E-state index in [1.165, 1.54) is 4.31 Å². The van der Waals surface area contributed by atoms with Gasteiger partial charge in [0.2, 0.25) is 10.0 Å². The number of sulfonamides is 1. The van der Waals surface area contributed by atoms with Crippen LogP contribution in [0, 0.1) is 0 Å². The lowest BCUT2D eigenvalue weighted by Gasteiger charge is -2.35. The molecule has 1 fully saturated rings. The third-order valence-corrected chi connectivity index (χ3v) is 3.55. The zero-order valence-corrected chi connectivity index (χ0v) is 9.62. The van der Waals surface area contributed by atoms with E-state index in [1.807, 2.05) is 6.92 Å². The van der Waals surface area contributed by atoms with E-state index in [0.29, 0.717) is 6.54 Å². The lowest BCUT2D eigenvalue weighted by atomic mass is 10.1. The fourth-order valence-electron chi connectivity index (χ4n) is 1.74. The molecule has 15 heavy (non-hydrogen) atoms. The van der Waals surface area contributed by atoms with Gasteiger partial charge in [-0.3, -0.25) is 4.79 Å². The molecule has 88 valence electrons. The number of nitrogens with zero attached hydrogens (tertiary/aromatic N) is 1. The third-order valence-electron chi connectivity index (χ3n) is 2.31. The lowest BCUT2D eigenvalue weighted by Crippen LogP contribution is -2.57. The average molecular weight is 236 g/mol. The van der Waals surface area contributed by atoms with E-state index in [4.69, 9.17) is 5.11 Å². The van der Waals surface area contributed by atoms with E-state index >= 15 is 0 Å². The van der Waals surface area contributed by atoms with Gasteiger partial charge in [-0.05, 0) is 6.92 Å². The average Bonchev–Trinajstić information content (AvgIpc) is 1.99. The molecule has 0 aromatic heterocycles. The standard InChI is InChI=1S/C8H16N2O4S/c1-6-4-10(15(2,13)14)5-7(9-6)3-8(11)12/h6-7,9H,3-5H2,1-2H3,(H,11,12)/t6-,7+/m0/s1. The summed E-state index contributed by atoms with van der Waals surface area (Å²) in [4.78, 5) is 10.5. The Bertz CT molecular complexity index is 341. The number of hydrogen-bond donors (Lipinski definition) is 2. The van der Waals surface area contributed by atoms with Crippen molar-refractivity contribution in [1.29, 1.82) is 0 Å². The molecule has 1 aliphatic rings. The summed E-state index contributed by atoms with van der Waals surface area (Å²) in [5, 5.41) is 11.7. The Morgan fingerprint density at radius 2 is 2.13 bits per heavy atom. The normalized spacial score (nSPS) is 28.9. The smallest absolute Gasteiger partial charge is 0.304 e. The molecule has 0 amide bonds. The zero-order chi connectivity index (χ0) is 11.6. The van der Waals surface area contributed by atoms with Crippen LogP contribution in [0.25, 0.3) is 0 Å². The van der Waals surface area contributed by atoms with Crippen LogP contribution in [0.4, 0.5) is 0 Å². The van der Waals surface area contributed by atoms with Crippen molar-refractivity contribution in [2.45, 2.75) is 25.4 Å². The predicted molar refractivity (Wildman–Crippen MR) is 55.1 cm³/mol. The summed E-state index contributed by atoms with van der Waals surface area (Å²) in [6, 6.07) is -0.321. The molecule has 0 radical (unpaired) electrons. The molecule has 0 bridgehead atoms. The van der Waals surface area contributed by atoms with Gasteiger partial charge in [-0.1, -0.05) is 0 Å². The van der Waals surface area contributed by atoms with Crippen LogP contribution in [0.2, 0.25) is 0 Å². The maximum absolute atomic E-state index is 11.3. The number of aliphatic carboxylic acids is 1. The zero-order valence-electron chi connectivity index (χ0n) is 8.80. The molecule has 0 spiro atoms. The van der Waals surface area contributed by atoms with Crippen LogP contribution in [0.3, 0.4) is 0 Å². The Morgan fingerprint density at radius 3 is 2.60 bits per heavy atom. The first kappa shape index (κ1) is 12.4.